The quantitative estimate of drug-likeness (QED) is 0.888. The van der Waals surface area contributed by atoms with Crippen molar-refractivity contribution in [3.05, 3.63) is 59.7 Å². The molecule has 0 bridgehead atoms. The molecule has 0 radical (unpaired) electrons. The first-order valence-corrected chi connectivity index (χ1v) is 7.09. The molecule has 1 heterocycles. The molecule has 2 aromatic rings. The van der Waals surface area contributed by atoms with Crippen LogP contribution in [-0.4, -0.2) is 25.1 Å². The summed E-state index contributed by atoms with van der Waals surface area (Å²) in [5, 5.41) is 2.72. The first-order valence-electron chi connectivity index (χ1n) is 7.09. The molecule has 1 unspecified atom stereocenters. The van der Waals surface area contributed by atoms with Gasteiger partial charge in [0.2, 0.25) is 0 Å². The van der Waals surface area contributed by atoms with Crippen LogP contribution in [0.3, 0.4) is 0 Å². The van der Waals surface area contributed by atoms with Gasteiger partial charge in [-0.3, -0.25) is 9.78 Å². The molecular formula is C17H19FN2O3. The number of nitrogens with one attached hydrogen (secondary N) is 1. The number of hydrogen-bond donors (Lipinski definition) is 1. The number of amides is 1. The van der Waals surface area contributed by atoms with Gasteiger partial charge in [0, 0.05) is 18.9 Å². The van der Waals surface area contributed by atoms with E-state index < -0.39 is 17.3 Å². The van der Waals surface area contributed by atoms with Crippen LogP contribution in [-0.2, 0) is 21.7 Å². The first kappa shape index (κ1) is 16.9. The van der Waals surface area contributed by atoms with Crippen LogP contribution in [0.2, 0.25) is 0 Å². The van der Waals surface area contributed by atoms with E-state index in [2.05, 4.69) is 10.3 Å². The number of nitrogens with zero attached hydrogens (tertiary/aromatic N) is 1. The number of methoxy groups -OCH3 is 2. The number of hydrogen-bond acceptors (Lipinski definition) is 4. The molecule has 1 atom stereocenters. The Morgan fingerprint density at radius 1 is 1.26 bits per heavy atom. The molecule has 2 rings (SSSR count). The van der Waals surface area contributed by atoms with Crippen LogP contribution < -0.4 is 10.1 Å². The second kappa shape index (κ2) is 7.19. The van der Waals surface area contributed by atoms with Crippen molar-refractivity contribution in [3.63, 3.8) is 0 Å². The van der Waals surface area contributed by atoms with Gasteiger partial charge in [0.25, 0.3) is 5.91 Å². The second-order valence-electron chi connectivity index (χ2n) is 5.05. The summed E-state index contributed by atoms with van der Waals surface area (Å²) in [6.07, 6.45) is 1.61. The lowest BCUT2D eigenvalue weighted by Gasteiger charge is -2.27. The number of halogens is 1. The average molecular weight is 318 g/mol. The van der Waals surface area contributed by atoms with Crippen molar-refractivity contribution in [1.29, 1.82) is 0 Å². The second-order valence-corrected chi connectivity index (χ2v) is 5.05. The lowest BCUT2D eigenvalue weighted by atomic mass is 9.94. The van der Waals surface area contributed by atoms with E-state index >= 15 is 0 Å². The van der Waals surface area contributed by atoms with Crippen molar-refractivity contribution >= 4 is 5.91 Å². The zero-order chi connectivity index (χ0) is 16.9. The van der Waals surface area contributed by atoms with Crippen LogP contribution >= 0.6 is 0 Å². The van der Waals surface area contributed by atoms with Crippen LogP contribution in [0.4, 0.5) is 4.39 Å². The van der Waals surface area contributed by atoms with E-state index in [1.54, 1.807) is 30.5 Å². The molecule has 1 aromatic carbocycles. The van der Waals surface area contributed by atoms with Gasteiger partial charge in [0.15, 0.2) is 5.60 Å². The smallest absolute Gasteiger partial charge is 0.257 e. The minimum atomic E-state index is -1.44. The van der Waals surface area contributed by atoms with Gasteiger partial charge in [-0.05, 0) is 25.1 Å². The molecule has 122 valence electrons. The van der Waals surface area contributed by atoms with E-state index in [9.17, 15) is 9.18 Å². The molecule has 0 spiro atoms. The Hall–Kier alpha value is -2.47. The highest BCUT2D eigenvalue weighted by atomic mass is 19.1. The molecular weight excluding hydrogens is 299 g/mol. The fourth-order valence-corrected chi connectivity index (χ4v) is 2.25. The summed E-state index contributed by atoms with van der Waals surface area (Å²) in [5.74, 6) is -0.391. The van der Waals surface area contributed by atoms with E-state index in [4.69, 9.17) is 9.47 Å². The van der Waals surface area contributed by atoms with Crippen molar-refractivity contribution in [2.24, 2.45) is 0 Å². The molecule has 1 aromatic heterocycles. The molecule has 1 N–H and O–H groups in total. The zero-order valence-electron chi connectivity index (χ0n) is 13.3. The third-order valence-corrected chi connectivity index (χ3v) is 3.71. The fraction of sp³-hybridized carbons (Fsp3) is 0.294. The van der Waals surface area contributed by atoms with Crippen LogP contribution in [0.25, 0.3) is 0 Å². The molecule has 0 aliphatic carbocycles. The van der Waals surface area contributed by atoms with Gasteiger partial charge >= 0.3 is 0 Å². The molecule has 0 saturated carbocycles. The van der Waals surface area contributed by atoms with Crippen molar-refractivity contribution < 1.29 is 18.7 Å². The van der Waals surface area contributed by atoms with E-state index in [1.165, 1.54) is 33.3 Å². The Morgan fingerprint density at radius 2 is 2.00 bits per heavy atom. The van der Waals surface area contributed by atoms with Crippen molar-refractivity contribution in [1.82, 2.24) is 10.3 Å². The maximum absolute atomic E-state index is 14.0. The van der Waals surface area contributed by atoms with E-state index in [-0.39, 0.29) is 12.1 Å². The van der Waals surface area contributed by atoms with Gasteiger partial charge < -0.3 is 14.8 Å². The van der Waals surface area contributed by atoms with Gasteiger partial charge in [-0.15, -0.1) is 0 Å². The van der Waals surface area contributed by atoms with E-state index in [1.807, 2.05) is 0 Å². The Bertz CT molecular complexity index is 693. The number of carbonyl (C=O) groups is 1. The number of pyridine rings is 1. The van der Waals surface area contributed by atoms with Crippen molar-refractivity contribution in [2.45, 2.75) is 19.1 Å². The van der Waals surface area contributed by atoms with Crippen molar-refractivity contribution in [2.75, 3.05) is 14.2 Å². The largest absolute Gasteiger partial charge is 0.495 e. The third-order valence-electron chi connectivity index (χ3n) is 3.71. The van der Waals surface area contributed by atoms with Gasteiger partial charge in [0.1, 0.15) is 17.3 Å². The molecule has 0 fully saturated rings. The minimum Gasteiger partial charge on any atom is -0.495 e. The molecule has 0 saturated heterocycles. The van der Waals surface area contributed by atoms with Gasteiger partial charge in [-0.1, -0.05) is 18.2 Å². The predicted octanol–water partition coefficient (Wildman–Crippen LogP) is 2.41. The third kappa shape index (κ3) is 3.48. The highest BCUT2D eigenvalue weighted by molar-refractivity contribution is 5.86. The number of benzene rings is 1. The Morgan fingerprint density at radius 3 is 2.65 bits per heavy atom. The summed E-state index contributed by atoms with van der Waals surface area (Å²) in [5.41, 5.74) is -0.684. The molecule has 23 heavy (non-hydrogen) atoms. The normalized spacial score (nSPS) is 13.2. The van der Waals surface area contributed by atoms with Gasteiger partial charge in [0.05, 0.1) is 13.7 Å². The Labute approximate surface area is 134 Å². The lowest BCUT2D eigenvalue weighted by Crippen LogP contribution is -2.44. The standard InChI is InChI=1S/C17H19FN2O3/c1-17(23-3,12-7-4-5-8-13(12)18)16(21)20-11-14-15(22-2)9-6-10-19-14/h4-10H,11H2,1-3H3,(H,20,21). The van der Waals surface area contributed by atoms with Gasteiger partial charge in [-0.2, -0.15) is 0 Å². The molecule has 0 aliphatic rings. The average Bonchev–Trinajstić information content (AvgIpc) is 2.59. The Kier molecular flexibility index (Phi) is 5.28. The number of aromatic nitrogens is 1. The summed E-state index contributed by atoms with van der Waals surface area (Å²) in [6, 6.07) is 9.53. The SMILES string of the molecule is COc1cccnc1CNC(=O)C(C)(OC)c1ccccc1F. The van der Waals surface area contributed by atoms with Crippen LogP contribution in [0.15, 0.2) is 42.6 Å². The van der Waals surface area contributed by atoms with E-state index in [0.29, 0.717) is 11.4 Å². The topological polar surface area (TPSA) is 60.5 Å². The highest BCUT2D eigenvalue weighted by Gasteiger charge is 2.37. The summed E-state index contributed by atoms with van der Waals surface area (Å²) in [7, 11) is 2.90. The number of rotatable bonds is 6. The molecule has 0 aliphatic heterocycles. The Balaban J connectivity index is 2.19. The fourth-order valence-electron chi connectivity index (χ4n) is 2.25. The highest BCUT2D eigenvalue weighted by Crippen LogP contribution is 2.27. The lowest BCUT2D eigenvalue weighted by molar-refractivity contribution is -0.143. The van der Waals surface area contributed by atoms with Gasteiger partial charge in [-0.25, -0.2) is 4.39 Å². The molecule has 6 heteroatoms. The van der Waals surface area contributed by atoms with E-state index in [0.717, 1.165) is 0 Å². The number of ether oxygens (including phenoxy) is 2. The monoisotopic (exact) mass is 318 g/mol. The molecule has 5 nitrogen and oxygen atoms in total. The van der Waals surface area contributed by atoms with Crippen LogP contribution in [0.1, 0.15) is 18.2 Å². The van der Waals surface area contributed by atoms with Crippen LogP contribution in [0.5, 0.6) is 5.75 Å². The maximum atomic E-state index is 14.0. The van der Waals surface area contributed by atoms with Crippen molar-refractivity contribution in [3.8, 4) is 5.75 Å². The number of carbonyl (C=O) groups excluding carboxylic acids is 1. The summed E-state index contributed by atoms with van der Waals surface area (Å²) >= 11 is 0. The summed E-state index contributed by atoms with van der Waals surface area (Å²) in [6.45, 7) is 1.67. The molecule has 1 amide bonds. The minimum absolute atomic E-state index is 0.149. The summed E-state index contributed by atoms with van der Waals surface area (Å²) in [4.78, 5) is 16.7. The predicted molar refractivity (Wildman–Crippen MR) is 83.4 cm³/mol. The van der Waals surface area contributed by atoms with Crippen LogP contribution in [0, 0.1) is 5.82 Å². The maximum Gasteiger partial charge on any atom is 0.257 e. The summed E-state index contributed by atoms with van der Waals surface area (Å²) < 4.78 is 24.5. The first-order chi connectivity index (χ1) is 11.0. The zero-order valence-corrected chi connectivity index (χ0v) is 13.3.